The van der Waals surface area contributed by atoms with Crippen molar-refractivity contribution in [3.05, 3.63) is 41.5 Å². The van der Waals surface area contributed by atoms with E-state index in [9.17, 15) is 0 Å². The molecule has 1 aromatic carbocycles. The van der Waals surface area contributed by atoms with Crippen LogP contribution in [0.5, 0.6) is 5.75 Å². The van der Waals surface area contributed by atoms with Gasteiger partial charge in [0.2, 0.25) is 0 Å². The second-order valence-corrected chi connectivity index (χ2v) is 8.44. The number of aromatic nitrogens is 3. The first kappa shape index (κ1) is 19.7. The quantitative estimate of drug-likeness (QED) is 0.621. The van der Waals surface area contributed by atoms with Crippen LogP contribution >= 0.6 is 0 Å². The summed E-state index contributed by atoms with van der Waals surface area (Å²) in [7, 11) is 3.69. The molecule has 1 spiro atoms. The molecule has 0 amide bonds. The summed E-state index contributed by atoms with van der Waals surface area (Å²) >= 11 is 0. The molecule has 2 aromatic rings. The van der Waals surface area contributed by atoms with E-state index in [4.69, 9.17) is 9.73 Å². The highest BCUT2D eigenvalue weighted by Crippen LogP contribution is 2.45. The lowest BCUT2D eigenvalue weighted by molar-refractivity contribution is 0.309. The molecule has 2 aliphatic rings. The molecule has 1 saturated carbocycles. The summed E-state index contributed by atoms with van der Waals surface area (Å²) in [6.45, 7) is 5.43. The number of aliphatic imine (C=N–C) groups is 1. The van der Waals surface area contributed by atoms with Crippen molar-refractivity contribution in [2.45, 2.75) is 52.1 Å². The van der Waals surface area contributed by atoms with E-state index in [-0.39, 0.29) is 0 Å². The van der Waals surface area contributed by atoms with E-state index in [1.54, 1.807) is 7.11 Å². The molecule has 2 fully saturated rings. The minimum atomic E-state index is 0.504. The molecule has 1 saturated heterocycles. The molecule has 156 valence electrons. The van der Waals surface area contributed by atoms with Gasteiger partial charge >= 0.3 is 0 Å². The molecular weight excluding hydrogens is 364 g/mol. The molecule has 7 heteroatoms. The Morgan fingerprint density at radius 2 is 1.93 bits per heavy atom. The highest BCUT2D eigenvalue weighted by Gasteiger charge is 2.41. The Balaban J connectivity index is 1.48. The van der Waals surface area contributed by atoms with Gasteiger partial charge in [-0.3, -0.25) is 0 Å². The van der Waals surface area contributed by atoms with Crippen LogP contribution in [0.4, 0.5) is 0 Å². The molecular formula is C22H32N6O. The predicted molar refractivity (Wildman–Crippen MR) is 114 cm³/mol. The molecule has 1 aliphatic carbocycles. The van der Waals surface area contributed by atoms with Gasteiger partial charge in [-0.05, 0) is 49.3 Å². The monoisotopic (exact) mass is 396 g/mol. The molecule has 0 unspecified atom stereocenters. The lowest BCUT2D eigenvalue weighted by Crippen LogP contribution is -2.41. The Kier molecular flexibility index (Phi) is 5.74. The zero-order valence-electron chi connectivity index (χ0n) is 17.8. The Morgan fingerprint density at radius 1 is 1.17 bits per heavy atom. The lowest BCUT2D eigenvalue weighted by Gasteiger charge is -2.26. The Hall–Kier alpha value is -2.57. The molecule has 1 N–H and O–H groups in total. The summed E-state index contributed by atoms with van der Waals surface area (Å²) in [5.41, 5.74) is 1.68. The van der Waals surface area contributed by atoms with Crippen LogP contribution in [0.25, 0.3) is 0 Å². The molecule has 4 rings (SSSR count). The second kappa shape index (κ2) is 8.43. The van der Waals surface area contributed by atoms with Gasteiger partial charge in [-0.15, -0.1) is 10.2 Å². The van der Waals surface area contributed by atoms with Crippen LogP contribution in [-0.4, -0.2) is 45.8 Å². The standard InChI is InChI=1S/C22H32N6O/c1-17-25-26-20(27(17)2)15-24-21(23-14-18-6-8-19(29-3)9-7-18)28-13-12-22(16-28)10-4-5-11-22/h6-9H,4-5,10-16H2,1-3H3,(H,23,24). The van der Waals surface area contributed by atoms with Crippen LogP contribution in [0.3, 0.4) is 0 Å². The topological polar surface area (TPSA) is 67.6 Å². The summed E-state index contributed by atoms with van der Waals surface area (Å²) < 4.78 is 7.28. The molecule has 29 heavy (non-hydrogen) atoms. The molecule has 1 aromatic heterocycles. The van der Waals surface area contributed by atoms with Crippen molar-refractivity contribution in [1.82, 2.24) is 25.0 Å². The third-order valence-electron chi connectivity index (χ3n) is 6.56. The lowest BCUT2D eigenvalue weighted by atomic mass is 9.86. The van der Waals surface area contributed by atoms with E-state index >= 15 is 0 Å². The van der Waals surface area contributed by atoms with E-state index in [2.05, 4.69) is 32.5 Å². The van der Waals surface area contributed by atoms with Gasteiger partial charge < -0.3 is 19.5 Å². The van der Waals surface area contributed by atoms with Gasteiger partial charge in [-0.2, -0.15) is 0 Å². The zero-order valence-corrected chi connectivity index (χ0v) is 17.8. The van der Waals surface area contributed by atoms with Crippen molar-refractivity contribution in [2.24, 2.45) is 17.5 Å². The van der Waals surface area contributed by atoms with Gasteiger partial charge in [0.1, 0.15) is 11.6 Å². The normalized spacial score (nSPS) is 18.6. The number of benzene rings is 1. The summed E-state index contributed by atoms with van der Waals surface area (Å²) in [4.78, 5) is 7.41. The summed E-state index contributed by atoms with van der Waals surface area (Å²) in [5.74, 6) is 3.70. The summed E-state index contributed by atoms with van der Waals surface area (Å²) in [6, 6.07) is 8.14. The minimum absolute atomic E-state index is 0.504. The minimum Gasteiger partial charge on any atom is -0.497 e. The number of ether oxygens (including phenoxy) is 1. The van der Waals surface area contributed by atoms with E-state index in [1.165, 1.54) is 37.7 Å². The predicted octanol–water partition coefficient (Wildman–Crippen LogP) is 3.04. The number of hydrogen-bond donors (Lipinski definition) is 1. The number of nitrogens with zero attached hydrogens (tertiary/aromatic N) is 5. The maximum absolute atomic E-state index is 5.26. The number of methoxy groups -OCH3 is 1. The van der Waals surface area contributed by atoms with Crippen molar-refractivity contribution >= 4 is 5.96 Å². The van der Waals surface area contributed by atoms with Crippen molar-refractivity contribution in [2.75, 3.05) is 20.2 Å². The Labute approximate surface area is 173 Å². The van der Waals surface area contributed by atoms with Crippen molar-refractivity contribution in [3.63, 3.8) is 0 Å². The Morgan fingerprint density at radius 3 is 2.59 bits per heavy atom. The Bertz CT molecular complexity index is 851. The van der Waals surface area contributed by atoms with Crippen molar-refractivity contribution < 1.29 is 4.74 Å². The fourth-order valence-electron chi connectivity index (χ4n) is 4.58. The third-order valence-corrected chi connectivity index (χ3v) is 6.56. The highest BCUT2D eigenvalue weighted by molar-refractivity contribution is 5.80. The van der Waals surface area contributed by atoms with E-state index in [0.29, 0.717) is 18.5 Å². The fraction of sp³-hybridized carbons (Fsp3) is 0.591. The SMILES string of the molecule is COc1ccc(CN=C(NCc2nnc(C)n2C)N2CCC3(CCCC3)C2)cc1. The van der Waals surface area contributed by atoms with Crippen LogP contribution < -0.4 is 10.1 Å². The molecule has 2 heterocycles. The van der Waals surface area contributed by atoms with E-state index < -0.39 is 0 Å². The maximum Gasteiger partial charge on any atom is 0.194 e. The van der Waals surface area contributed by atoms with Gasteiger partial charge in [-0.25, -0.2) is 4.99 Å². The van der Waals surface area contributed by atoms with Crippen molar-refractivity contribution in [3.8, 4) is 5.75 Å². The first-order valence-corrected chi connectivity index (χ1v) is 10.6. The van der Waals surface area contributed by atoms with E-state index in [0.717, 1.165) is 36.4 Å². The molecule has 7 nitrogen and oxygen atoms in total. The number of likely N-dealkylation sites (tertiary alicyclic amines) is 1. The fourth-order valence-corrected chi connectivity index (χ4v) is 4.58. The van der Waals surface area contributed by atoms with Gasteiger partial charge in [-0.1, -0.05) is 25.0 Å². The van der Waals surface area contributed by atoms with Gasteiger partial charge in [0, 0.05) is 20.1 Å². The molecule has 0 atom stereocenters. The van der Waals surface area contributed by atoms with Gasteiger partial charge in [0.25, 0.3) is 0 Å². The van der Waals surface area contributed by atoms with Gasteiger partial charge in [0.05, 0.1) is 20.2 Å². The smallest absolute Gasteiger partial charge is 0.194 e. The van der Waals surface area contributed by atoms with Crippen LogP contribution in [0.15, 0.2) is 29.3 Å². The summed E-state index contributed by atoms with van der Waals surface area (Å²) in [5, 5.41) is 12.0. The average Bonchev–Trinajstić information content (AvgIpc) is 3.46. The zero-order chi connectivity index (χ0) is 20.3. The average molecular weight is 397 g/mol. The van der Waals surface area contributed by atoms with Crippen LogP contribution in [0, 0.1) is 12.3 Å². The maximum atomic E-state index is 5.26. The summed E-state index contributed by atoms with van der Waals surface area (Å²) in [6.07, 6.45) is 6.74. The number of nitrogens with one attached hydrogen (secondary N) is 1. The van der Waals surface area contributed by atoms with Gasteiger partial charge in [0.15, 0.2) is 11.8 Å². The molecule has 0 radical (unpaired) electrons. The molecule has 1 aliphatic heterocycles. The second-order valence-electron chi connectivity index (χ2n) is 8.44. The number of rotatable bonds is 5. The first-order chi connectivity index (χ1) is 14.1. The first-order valence-electron chi connectivity index (χ1n) is 10.6. The third kappa shape index (κ3) is 4.38. The number of guanidine groups is 1. The van der Waals surface area contributed by atoms with E-state index in [1.807, 2.05) is 30.7 Å². The molecule has 0 bridgehead atoms. The van der Waals surface area contributed by atoms with Crippen LogP contribution in [-0.2, 0) is 20.1 Å². The largest absolute Gasteiger partial charge is 0.497 e. The number of hydrogen-bond acceptors (Lipinski definition) is 4. The van der Waals surface area contributed by atoms with Crippen molar-refractivity contribution in [1.29, 1.82) is 0 Å². The van der Waals surface area contributed by atoms with Crippen LogP contribution in [0.1, 0.15) is 49.3 Å². The van der Waals surface area contributed by atoms with Crippen LogP contribution in [0.2, 0.25) is 0 Å². The highest BCUT2D eigenvalue weighted by atomic mass is 16.5. The number of aryl methyl sites for hydroxylation is 1.